The van der Waals surface area contributed by atoms with Crippen molar-refractivity contribution >= 4 is 28.5 Å². The molecule has 1 amide bonds. The second-order valence-electron chi connectivity index (χ2n) is 6.25. The molecule has 0 N–H and O–H groups in total. The van der Waals surface area contributed by atoms with Crippen LogP contribution in [0.3, 0.4) is 0 Å². The van der Waals surface area contributed by atoms with Crippen molar-refractivity contribution in [1.29, 1.82) is 0 Å². The fourth-order valence-corrected chi connectivity index (χ4v) is 3.94. The minimum atomic E-state index is -0.140. The lowest BCUT2D eigenvalue weighted by Gasteiger charge is -2.28. The molecule has 1 heterocycles. The smallest absolute Gasteiger partial charge is 0.260 e. The Morgan fingerprint density at radius 2 is 1.75 bits per heavy atom. The van der Waals surface area contributed by atoms with Gasteiger partial charge in [0.1, 0.15) is 0 Å². The summed E-state index contributed by atoms with van der Waals surface area (Å²) >= 11 is 1.59. The van der Waals surface area contributed by atoms with Crippen LogP contribution in [-0.4, -0.2) is 49.6 Å². The maximum atomic E-state index is 13.3. The lowest BCUT2D eigenvalue weighted by molar-refractivity contribution is 0.0848. The van der Waals surface area contributed by atoms with Crippen molar-refractivity contribution in [2.45, 2.75) is 13.3 Å². The van der Waals surface area contributed by atoms with Gasteiger partial charge in [-0.3, -0.25) is 9.69 Å². The van der Waals surface area contributed by atoms with Gasteiger partial charge in [-0.15, -0.1) is 0 Å². The van der Waals surface area contributed by atoms with E-state index in [4.69, 9.17) is 19.2 Å². The van der Waals surface area contributed by atoms with Crippen molar-refractivity contribution < 1.29 is 19.0 Å². The molecule has 6 nitrogen and oxygen atoms in total. The molecular weight excluding hydrogens is 376 g/mol. The van der Waals surface area contributed by atoms with Crippen molar-refractivity contribution in [3.8, 4) is 17.2 Å². The van der Waals surface area contributed by atoms with Crippen LogP contribution in [-0.2, 0) is 0 Å². The Labute approximate surface area is 169 Å². The summed E-state index contributed by atoms with van der Waals surface area (Å²) in [5.74, 6) is 2.16. The van der Waals surface area contributed by atoms with Gasteiger partial charge in [0, 0.05) is 17.9 Å². The van der Waals surface area contributed by atoms with Crippen LogP contribution in [0.15, 0.2) is 41.4 Å². The van der Waals surface area contributed by atoms with Crippen LogP contribution in [0, 0.1) is 6.92 Å². The van der Waals surface area contributed by atoms with E-state index in [-0.39, 0.29) is 5.91 Å². The Morgan fingerprint density at radius 3 is 2.36 bits per heavy atom. The van der Waals surface area contributed by atoms with Gasteiger partial charge < -0.3 is 14.2 Å². The van der Waals surface area contributed by atoms with Crippen molar-refractivity contribution in [1.82, 2.24) is 4.90 Å². The molecule has 2 aromatic carbocycles. The number of aliphatic imine (C=N–C) groups is 1. The van der Waals surface area contributed by atoms with E-state index in [1.807, 2.05) is 31.2 Å². The number of nitrogens with zero attached hydrogens (tertiary/aromatic N) is 2. The molecule has 1 saturated heterocycles. The third-order valence-corrected chi connectivity index (χ3v) is 5.54. The molecule has 28 heavy (non-hydrogen) atoms. The lowest BCUT2D eigenvalue weighted by atomic mass is 10.1. The van der Waals surface area contributed by atoms with Crippen LogP contribution in [0.5, 0.6) is 17.2 Å². The van der Waals surface area contributed by atoms with Crippen molar-refractivity contribution in [3.05, 3.63) is 47.5 Å². The number of amidine groups is 1. The number of carbonyl (C=O) groups excluding carboxylic acids is 1. The Morgan fingerprint density at radius 1 is 1.07 bits per heavy atom. The van der Waals surface area contributed by atoms with Crippen LogP contribution in [0.1, 0.15) is 22.3 Å². The first-order chi connectivity index (χ1) is 13.6. The molecule has 2 aromatic rings. The first-order valence-electron chi connectivity index (χ1n) is 8.98. The molecule has 0 atom stereocenters. The number of carbonyl (C=O) groups is 1. The molecule has 1 aliphatic rings. The van der Waals surface area contributed by atoms with Gasteiger partial charge in [0.25, 0.3) is 5.91 Å². The normalized spacial score (nSPS) is 15.4. The molecule has 1 aliphatic heterocycles. The second-order valence-corrected chi connectivity index (χ2v) is 7.32. The molecule has 1 fully saturated rings. The zero-order valence-corrected chi connectivity index (χ0v) is 17.3. The summed E-state index contributed by atoms with van der Waals surface area (Å²) in [5.41, 5.74) is 2.41. The van der Waals surface area contributed by atoms with E-state index in [1.54, 1.807) is 28.8 Å². The highest BCUT2D eigenvalue weighted by Crippen LogP contribution is 2.39. The molecule has 0 unspecified atom stereocenters. The fourth-order valence-electron chi connectivity index (χ4n) is 2.99. The van der Waals surface area contributed by atoms with Gasteiger partial charge in [0.15, 0.2) is 16.7 Å². The molecule has 0 bridgehead atoms. The Hall–Kier alpha value is -2.67. The number of amides is 1. The highest BCUT2D eigenvalue weighted by Gasteiger charge is 2.27. The van der Waals surface area contributed by atoms with Gasteiger partial charge in [-0.25, -0.2) is 4.99 Å². The van der Waals surface area contributed by atoms with Gasteiger partial charge in [-0.2, -0.15) is 0 Å². The number of ether oxygens (including phenoxy) is 3. The third-order valence-electron chi connectivity index (χ3n) is 4.48. The van der Waals surface area contributed by atoms with E-state index in [1.165, 1.54) is 21.3 Å². The molecule has 7 heteroatoms. The number of hydrogen-bond donors (Lipinski definition) is 0. The lowest BCUT2D eigenvalue weighted by Crippen LogP contribution is -2.39. The van der Waals surface area contributed by atoms with Gasteiger partial charge in [0.05, 0.1) is 27.0 Å². The fraction of sp³-hybridized carbons (Fsp3) is 0.333. The van der Waals surface area contributed by atoms with Gasteiger partial charge in [-0.05, 0) is 37.1 Å². The maximum absolute atomic E-state index is 13.3. The quantitative estimate of drug-likeness (QED) is 0.749. The zero-order valence-electron chi connectivity index (χ0n) is 16.5. The van der Waals surface area contributed by atoms with Crippen molar-refractivity contribution in [3.63, 3.8) is 0 Å². The first-order valence-corrected chi connectivity index (χ1v) is 9.96. The van der Waals surface area contributed by atoms with E-state index >= 15 is 0 Å². The van der Waals surface area contributed by atoms with Gasteiger partial charge in [0.2, 0.25) is 5.75 Å². The number of hydrogen-bond acceptors (Lipinski definition) is 6. The van der Waals surface area contributed by atoms with Crippen LogP contribution in [0.25, 0.3) is 0 Å². The standard InChI is InChI=1S/C21H24N2O4S/c1-14-8-5-6-9-16(14)22-21-23(10-7-11-28-21)20(24)15-12-17(25-2)19(27-4)18(13-15)26-3/h5-6,8-9,12-13H,7,10-11H2,1-4H3. The summed E-state index contributed by atoms with van der Waals surface area (Å²) in [6.45, 7) is 2.63. The summed E-state index contributed by atoms with van der Waals surface area (Å²) in [5, 5.41) is 0.708. The number of thioether (sulfide) groups is 1. The average molecular weight is 401 g/mol. The highest BCUT2D eigenvalue weighted by atomic mass is 32.2. The minimum Gasteiger partial charge on any atom is -0.493 e. The van der Waals surface area contributed by atoms with Crippen molar-refractivity contribution in [2.75, 3.05) is 33.6 Å². The Kier molecular flexibility index (Phi) is 6.46. The third kappa shape index (κ3) is 4.09. The summed E-state index contributed by atoms with van der Waals surface area (Å²) in [6, 6.07) is 11.2. The topological polar surface area (TPSA) is 60.4 Å². The predicted octanol–water partition coefficient (Wildman–Crippen LogP) is 4.29. The van der Waals surface area contributed by atoms with Crippen LogP contribution in [0.2, 0.25) is 0 Å². The predicted molar refractivity (Wildman–Crippen MR) is 112 cm³/mol. The highest BCUT2D eigenvalue weighted by molar-refractivity contribution is 8.13. The van der Waals surface area contributed by atoms with Crippen LogP contribution >= 0.6 is 11.8 Å². The van der Waals surface area contributed by atoms with E-state index in [0.717, 1.165) is 23.4 Å². The maximum Gasteiger partial charge on any atom is 0.260 e. The summed E-state index contributed by atoms with van der Waals surface area (Å²) in [7, 11) is 4.61. The molecule has 0 spiro atoms. The van der Waals surface area contributed by atoms with E-state index in [9.17, 15) is 4.79 Å². The number of benzene rings is 2. The largest absolute Gasteiger partial charge is 0.493 e. The average Bonchev–Trinajstić information content (AvgIpc) is 2.74. The number of para-hydroxylation sites is 1. The second kappa shape index (κ2) is 9.01. The molecular formula is C21H24N2O4S. The summed E-state index contributed by atoms with van der Waals surface area (Å²) in [6.07, 6.45) is 0.910. The minimum absolute atomic E-state index is 0.140. The number of methoxy groups -OCH3 is 3. The van der Waals surface area contributed by atoms with Crippen LogP contribution < -0.4 is 14.2 Å². The van der Waals surface area contributed by atoms with Gasteiger partial charge in [-0.1, -0.05) is 30.0 Å². The van der Waals surface area contributed by atoms with Crippen molar-refractivity contribution in [2.24, 2.45) is 4.99 Å². The molecule has 3 rings (SSSR count). The molecule has 0 aliphatic carbocycles. The van der Waals surface area contributed by atoms with E-state index < -0.39 is 0 Å². The SMILES string of the molecule is COc1cc(C(=O)N2CCCSC2=Nc2ccccc2C)cc(OC)c1OC. The van der Waals surface area contributed by atoms with Crippen LogP contribution in [0.4, 0.5) is 5.69 Å². The molecule has 148 valence electrons. The Bertz CT molecular complexity index is 873. The molecule has 0 saturated carbocycles. The molecule has 0 radical (unpaired) electrons. The Balaban J connectivity index is 1.99. The number of rotatable bonds is 5. The van der Waals surface area contributed by atoms with E-state index in [2.05, 4.69) is 0 Å². The van der Waals surface area contributed by atoms with E-state index in [0.29, 0.717) is 34.5 Å². The zero-order chi connectivity index (χ0) is 20.1. The monoisotopic (exact) mass is 400 g/mol. The molecule has 0 aromatic heterocycles. The summed E-state index contributed by atoms with van der Waals surface area (Å²) in [4.78, 5) is 19.8. The first kappa shape index (κ1) is 20.1. The van der Waals surface area contributed by atoms with Gasteiger partial charge >= 0.3 is 0 Å². The number of aryl methyl sites for hydroxylation is 1. The summed E-state index contributed by atoms with van der Waals surface area (Å²) < 4.78 is 16.1.